The van der Waals surface area contributed by atoms with Gasteiger partial charge in [0.25, 0.3) is 0 Å². The van der Waals surface area contributed by atoms with E-state index < -0.39 is 26.4 Å². The lowest BCUT2D eigenvalue weighted by molar-refractivity contribution is -0.146. The zero-order chi connectivity index (χ0) is 11.2. The quantitative estimate of drug-likeness (QED) is 0.346. The Balaban J connectivity index is 4.10. The summed E-state index contributed by atoms with van der Waals surface area (Å²) >= 11 is 0. The average Bonchev–Trinajstić information content (AvgIpc) is 2.01. The second-order valence-corrected chi connectivity index (χ2v) is 4.08. The highest BCUT2D eigenvalue weighted by Crippen LogP contribution is 2.34. The molecule has 0 heterocycles. The van der Waals surface area contributed by atoms with Crippen LogP contribution in [0.5, 0.6) is 0 Å². The Labute approximate surface area is 80.8 Å². The Morgan fingerprint density at radius 2 is 2.14 bits per heavy atom. The first-order chi connectivity index (χ1) is 6.39. The van der Waals surface area contributed by atoms with Gasteiger partial charge >= 0.3 is 13.6 Å². The number of amides is 1. The van der Waals surface area contributed by atoms with Crippen LogP contribution in [0.25, 0.3) is 0 Å². The second-order valence-electron chi connectivity index (χ2n) is 2.46. The Bertz CT molecular complexity index is 249. The van der Waals surface area contributed by atoms with Gasteiger partial charge in [0.1, 0.15) is 12.8 Å². The molecule has 0 aliphatic heterocycles. The molecule has 0 bridgehead atoms. The third-order valence-electron chi connectivity index (χ3n) is 1.15. The molecule has 0 saturated heterocycles. The highest BCUT2D eigenvalue weighted by atomic mass is 31.2. The molecule has 0 aromatic carbocycles. The van der Waals surface area contributed by atoms with Crippen LogP contribution in [0.15, 0.2) is 0 Å². The highest BCUT2D eigenvalue weighted by Gasteiger charge is 2.20. The number of hydrogen-bond acceptors (Lipinski definition) is 4. The van der Waals surface area contributed by atoms with Gasteiger partial charge in [-0.05, 0) is 6.92 Å². The van der Waals surface area contributed by atoms with Gasteiger partial charge in [-0.2, -0.15) is 0 Å². The fourth-order valence-corrected chi connectivity index (χ4v) is 1.37. The molecule has 0 radical (unpaired) electrons. The van der Waals surface area contributed by atoms with Crippen LogP contribution < -0.4 is 0 Å². The van der Waals surface area contributed by atoms with Gasteiger partial charge in [0.15, 0.2) is 0 Å². The van der Waals surface area contributed by atoms with Crippen molar-refractivity contribution in [1.29, 1.82) is 0 Å². The molecular weight excluding hydrogens is 213 g/mol. The molecule has 8 heteroatoms. The number of carbonyl (C=O) groups excluding carboxylic acids is 2. The Morgan fingerprint density at radius 1 is 1.57 bits per heavy atom. The minimum Gasteiger partial charge on any atom is -0.465 e. The molecule has 82 valence electrons. The number of rotatable bonds is 6. The predicted molar refractivity (Wildman–Crippen MR) is 46.3 cm³/mol. The molecule has 0 atom stereocenters. The van der Waals surface area contributed by atoms with Crippen LogP contribution in [0, 0.1) is 0 Å². The van der Waals surface area contributed by atoms with Crippen molar-refractivity contribution in [1.82, 2.24) is 4.90 Å². The van der Waals surface area contributed by atoms with Crippen molar-refractivity contribution in [2.75, 3.05) is 19.4 Å². The summed E-state index contributed by atoms with van der Waals surface area (Å²) in [5.41, 5.74) is 0. The SMILES string of the molecule is CCOC(=O)CN(C=O)CP(=O)(O)O. The van der Waals surface area contributed by atoms with Gasteiger partial charge in [-0.1, -0.05) is 0 Å². The summed E-state index contributed by atoms with van der Waals surface area (Å²) in [5.74, 6) is -0.701. The molecule has 14 heavy (non-hydrogen) atoms. The zero-order valence-electron chi connectivity index (χ0n) is 7.62. The predicted octanol–water partition coefficient (Wildman–Crippen LogP) is -0.857. The van der Waals surface area contributed by atoms with Gasteiger partial charge in [-0.25, -0.2) is 0 Å². The molecule has 0 fully saturated rings. The maximum atomic E-state index is 10.8. The lowest BCUT2D eigenvalue weighted by atomic mass is 10.6. The molecular formula is C6H12NO6P. The molecule has 0 aromatic heterocycles. The Hall–Kier alpha value is -0.910. The normalized spacial score (nSPS) is 10.8. The van der Waals surface area contributed by atoms with E-state index in [4.69, 9.17) is 9.79 Å². The molecule has 0 unspecified atom stereocenters. The molecule has 0 spiro atoms. The van der Waals surface area contributed by atoms with Crippen LogP contribution in [0.3, 0.4) is 0 Å². The maximum Gasteiger partial charge on any atom is 0.344 e. The molecule has 0 saturated carbocycles. The Kier molecular flexibility index (Phi) is 5.37. The van der Waals surface area contributed by atoms with Crippen LogP contribution in [-0.4, -0.2) is 46.5 Å². The van der Waals surface area contributed by atoms with Crippen molar-refractivity contribution in [2.24, 2.45) is 0 Å². The molecule has 0 rings (SSSR count). The van der Waals surface area contributed by atoms with Gasteiger partial charge in [0, 0.05) is 0 Å². The maximum absolute atomic E-state index is 10.8. The van der Waals surface area contributed by atoms with Crippen LogP contribution >= 0.6 is 7.60 Å². The summed E-state index contributed by atoms with van der Waals surface area (Å²) in [6.45, 7) is 1.29. The van der Waals surface area contributed by atoms with Gasteiger partial charge in [0.2, 0.25) is 6.41 Å². The van der Waals surface area contributed by atoms with E-state index in [1.54, 1.807) is 6.92 Å². The van der Waals surface area contributed by atoms with E-state index in [1.165, 1.54) is 0 Å². The monoisotopic (exact) mass is 225 g/mol. The first kappa shape index (κ1) is 13.1. The molecule has 0 aliphatic carbocycles. The van der Waals surface area contributed by atoms with Gasteiger partial charge in [-0.15, -0.1) is 0 Å². The van der Waals surface area contributed by atoms with E-state index in [-0.39, 0.29) is 13.0 Å². The fourth-order valence-electron chi connectivity index (χ4n) is 0.730. The summed E-state index contributed by atoms with van der Waals surface area (Å²) in [5, 5.41) is 0. The Morgan fingerprint density at radius 3 is 2.50 bits per heavy atom. The lowest BCUT2D eigenvalue weighted by Crippen LogP contribution is -2.30. The highest BCUT2D eigenvalue weighted by molar-refractivity contribution is 7.51. The molecule has 2 N–H and O–H groups in total. The van der Waals surface area contributed by atoms with Crippen molar-refractivity contribution in [3.05, 3.63) is 0 Å². The minimum atomic E-state index is -4.33. The van der Waals surface area contributed by atoms with Crippen molar-refractivity contribution in [3.8, 4) is 0 Å². The molecule has 1 amide bonds. The standard InChI is InChI=1S/C6H12NO6P/c1-2-13-6(9)3-7(4-8)5-14(10,11)12/h4H,2-3,5H2,1H3,(H2,10,11,12). The number of esters is 1. The lowest BCUT2D eigenvalue weighted by Gasteiger charge is -2.16. The molecule has 0 aromatic rings. The van der Waals surface area contributed by atoms with Crippen LogP contribution in [0.1, 0.15) is 6.92 Å². The smallest absolute Gasteiger partial charge is 0.344 e. The van der Waals surface area contributed by atoms with E-state index in [0.29, 0.717) is 4.90 Å². The average molecular weight is 225 g/mol. The van der Waals surface area contributed by atoms with Crippen molar-refractivity contribution >= 4 is 20.0 Å². The summed E-state index contributed by atoms with van der Waals surface area (Å²) in [7, 11) is -4.33. The molecule has 0 aliphatic rings. The third kappa shape index (κ3) is 6.59. The van der Waals surface area contributed by atoms with E-state index in [0.717, 1.165) is 0 Å². The fraction of sp³-hybridized carbons (Fsp3) is 0.667. The van der Waals surface area contributed by atoms with Crippen molar-refractivity contribution < 1.29 is 28.7 Å². The first-order valence-corrected chi connectivity index (χ1v) is 5.58. The largest absolute Gasteiger partial charge is 0.465 e. The van der Waals surface area contributed by atoms with Gasteiger partial charge in [0.05, 0.1) is 6.61 Å². The summed E-state index contributed by atoms with van der Waals surface area (Å²) in [4.78, 5) is 38.8. The third-order valence-corrected chi connectivity index (χ3v) is 1.88. The van der Waals surface area contributed by atoms with E-state index in [1.807, 2.05) is 0 Å². The number of ether oxygens (including phenoxy) is 1. The topological polar surface area (TPSA) is 104 Å². The number of carbonyl (C=O) groups is 2. The van der Waals surface area contributed by atoms with Crippen LogP contribution in [0.2, 0.25) is 0 Å². The first-order valence-electron chi connectivity index (χ1n) is 3.78. The van der Waals surface area contributed by atoms with E-state index >= 15 is 0 Å². The van der Waals surface area contributed by atoms with E-state index in [2.05, 4.69) is 4.74 Å². The zero-order valence-corrected chi connectivity index (χ0v) is 8.51. The van der Waals surface area contributed by atoms with Gasteiger partial charge in [-0.3, -0.25) is 14.2 Å². The van der Waals surface area contributed by atoms with E-state index in [9.17, 15) is 14.2 Å². The number of nitrogens with zero attached hydrogens (tertiary/aromatic N) is 1. The summed E-state index contributed by atoms with van der Waals surface area (Å²) in [6.07, 6.45) is -0.592. The van der Waals surface area contributed by atoms with Crippen molar-refractivity contribution in [3.63, 3.8) is 0 Å². The van der Waals surface area contributed by atoms with Crippen molar-refractivity contribution in [2.45, 2.75) is 6.92 Å². The van der Waals surface area contributed by atoms with Crippen LogP contribution in [-0.2, 0) is 18.9 Å². The summed E-state index contributed by atoms with van der Waals surface area (Å²) < 4.78 is 15.0. The van der Waals surface area contributed by atoms with Gasteiger partial charge < -0.3 is 19.4 Å². The summed E-state index contributed by atoms with van der Waals surface area (Å²) in [6, 6.07) is 0. The number of hydrogen-bond donors (Lipinski definition) is 2. The second kappa shape index (κ2) is 5.74. The van der Waals surface area contributed by atoms with Crippen LogP contribution in [0.4, 0.5) is 0 Å². The minimum absolute atomic E-state index is 0.154. The molecule has 7 nitrogen and oxygen atoms in total.